The molecule has 3 aliphatic rings. The molecule has 0 radical (unpaired) electrons. The van der Waals surface area contributed by atoms with Gasteiger partial charge >= 0.3 is 5.97 Å². The summed E-state index contributed by atoms with van der Waals surface area (Å²) < 4.78 is 16.7. The van der Waals surface area contributed by atoms with Gasteiger partial charge in [0.1, 0.15) is 5.60 Å². The minimum atomic E-state index is -0.360. The summed E-state index contributed by atoms with van der Waals surface area (Å²) >= 11 is 0. The Labute approximate surface area is 120 Å². The minimum absolute atomic E-state index is 0.255. The number of hydrogen-bond acceptors (Lipinski definition) is 4. The molecule has 1 saturated carbocycles. The Morgan fingerprint density at radius 3 is 2.60 bits per heavy atom. The van der Waals surface area contributed by atoms with Crippen molar-refractivity contribution in [2.45, 2.75) is 63.3 Å². The van der Waals surface area contributed by atoms with Crippen LogP contribution in [0.2, 0.25) is 0 Å². The Morgan fingerprint density at radius 2 is 2.00 bits per heavy atom. The Kier molecular flexibility index (Phi) is 3.87. The molecule has 0 amide bonds. The fourth-order valence-corrected chi connectivity index (χ4v) is 3.42. The molecule has 4 nitrogen and oxygen atoms in total. The molecule has 0 spiro atoms. The van der Waals surface area contributed by atoms with E-state index < -0.39 is 0 Å². The Bertz CT molecular complexity index is 397. The molecule has 2 heterocycles. The van der Waals surface area contributed by atoms with Crippen LogP contribution >= 0.6 is 0 Å². The van der Waals surface area contributed by atoms with E-state index in [0.717, 1.165) is 45.3 Å². The summed E-state index contributed by atoms with van der Waals surface area (Å²) in [6, 6.07) is 0. The van der Waals surface area contributed by atoms with E-state index in [2.05, 4.69) is 6.58 Å². The van der Waals surface area contributed by atoms with Gasteiger partial charge < -0.3 is 14.2 Å². The number of carbonyl (C=O) groups excluding carboxylic acids is 1. The van der Waals surface area contributed by atoms with Crippen LogP contribution in [0.15, 0.2) is 12.2 Å². The van der Waals surface area contributed by atoms with Gasteiger partial charge in [0.15, 0.2) is 0 Å². The van der Waals surface area contributed by atoms with Crippen molar-refractivity contribution in [3.63, 3.8) is 0 Å². The van der Waals surface area contributed by atoms with Crippen molar-refractivity contribution in [3.05, 3.63) is 12.2 Å². The van der Waals surface area contributed by atoms with Gasteiger partial charge in [-0.25, -0.2) is 4.79 Å². The zero-order chi connectivity index (χ0) is 14.2. The van der Waals surface area contributed by atoms with Gasteiger partial charge in [-0.1, -0.05) is 13.0 Å². The molecular weight excluding hydrogens is 256 g/mol. The number of ether oxygens (including phenoxy) is 3. The number of epoxide rings is 2. The molecule has 0 aromatic rings. The molecule has 0 bridgehead atoms. The van der Waals surface area contributed by atoms with Gasteiger partial charge in [-0.2, -0.15) is 0 Å². The summed E-state index contributed by atoms with van der Waals surface area (Å²) in [6.07, 6.45) is 6.90. The van der Waals surface area contributed by atoms with Crippen molar-refractivity contribution < 1.29 is 19.0 Å². The first-order chi connectivity index (χ1) is 9.59. The predicted molar refractivity (Wildman–Crippen MR) is 74.3 cm³/mol. The van der Waals surface area contributed by atoms with Gasteiger partial charge in [-0.15, -0.1) is 0 Å². The van der Waals surface area contributed by atoms with Crippen LogP contribution in [0.1, 0.15) is 45.4 Å². The molecule has 3 fully saturated rings. The highest BCUT2D eigenvalue weighted by Crippen LogP contribution is 2.46. The lowest BCUT2D eigenvalue weighted by Crippen LogP contribution is -2.46. The highest BCUT2D eigenvalue weighted by atomic mass is 16.6. The molecule has 0 N–H and O–H groups in total. The van der Waals surface area contributed by atoms with Gasteiger partial charge in [0.05, 0.1) is 25.4 Å². The SMILES string of the molecule is C=C(C)C(=O)OC1(CC2CO2)CCCCC1CC1CO1. The maximum Gasteiger partial charge on any atom is 0.333 e. The van der Waals surface area contributed by atoms with Gasteiger partial charge in [0.25, 0.3) is 0 Å². The van der Waals surface area contributed by atoms with Gasteiger partial charge in [-0.05, 0) is 32.6 Å². The summed E-state index contributed by atoms with van der Waals surface area (Å²) in [4.78, 5) is 12.1. The zero-order valence-electron chi connectivity index (χ0n) is 12.2. The average molecular weight is 280 g/mol. The van der Waals surface area contributed by atoms with E-state index in [1.165, 1.54) is 6.42 Å². The van der Waals surface area contributed by atoms with E-state index in [0.29, 0.717) is 17.6 Å². The van der Waals surface area contributed by atoms with Crippen LogP contribution in [0, 0.1) is 5.92 Å². The molecule has 4 heteroatoms. The van der Waals surface area contributed by atoms with Gasteiger partial charge in [0, 0.05) is 17.9 Å². The van der Waals surface area contributed by atoms with E-state index in [-0.39, 0.29) is 17.7 Å². The van der Waals surface area contributed by atoms with Crippen LogP contribution in [-0.4, -0.2) is 37.0 Å². The second-order valence-corrected chi connectivity index (χ2v) is 6.53. The first kappa shape index (κ1) is 14.1. The molecule has 3 rings (SSSR count). The second-order valence-electron chi connectivity index (χ2n) is 6.53. The molecule has 1 aliphatic carbocycles. The fraction of sp³-hybridized carbons (Fsp3) is 0.812. The highest BCUT2D eigenvalue weighted by Gasteiger charge is 2.49. The van der Waals surface area contributed by atoms with Crippen LogP contribution in [-0.2, 0) is 19.0 Å². The third kappa shape index (κ3) is 3.23. The van der Waals surface area contributed by atoms with Crippen molar-refractivity contribution in [3.8, 4) is 0 Å². The first-order valence-corrected chi connectivity index (χ1v) is 7.71. The topological polar surface area (TPSA) is 51.4 Å². The Balaban J connectivity index is 1.76. The quantitative estimate of drug-likeness (QED) is 0.426. The second kappa shape index (κ2) is 5.49. The molecule has 2 aliphatic heterocycles. The Hall–Kier alpha value is -0.870. The number of esters is 1. The molecule has 0 aromatic carbocycles. The zero-order valence-corrected chi connectivity index (χ0v) is 12.2. The highest BCUT2D eigenvalue weighted by molar-refractivity contribution is 5.87. The third-order valence-corrected chi connectivity index (χ3v) is 4.72. The molecule has 4 unspecified atom stereocenters. The fourth-order valence-electron chi connectivity index (χ4n) is 3.42. The lowest BCUT2D eigenvalue weighted by Gasteiger charge is -2.43. The summed E-state index contributed by atoms with van der Waals surface area (Å²) in [5.74, 6) is 0.144. The lowest BCUT2D eigenvalue weighted by atomic mass is 9.70. The van der Waals surface area contributed by atoms with E-state index in [9.17, 15) is 4.79 Å². The number of rotatable bonds is 6. The maximum atomic E-state index is 12.1. The number of carbonyl (C=O) groups is 1. The Morgan fingerprint density at radius 1 is 1.30 bits per heavy atom. The van der Waals surface area contributed by atoms with E-state index >= 15 is 0 Å². The molecule has 20 heavy (non-hydrogen) atoms. The van der Waals surface area contributed by atoms with E-state index in [1.807, 2.05) is 0 Å². The average Bonchev–Trinajstić information content (AvgIpc) is 3.27. The number of hydrogen-bond donors (Lipinski definition) is 0. The molecule has 4 atom stereocenters. The predicted octanol–water partition coefficient (Wildman–Crippen LogP) is 2.61. The summed E-state index contributed by atoms with van der Waals surface area (Å²) in [5.41, 5.74) is 0.120. The first-order valence-electron chi connectivity index (χ1n) is 7.71. The standard InChI is InChI=1S/C16H24O4/c1-11(2)15(17)20-16(8-14-10-19-14)6-4-3-5-12(16)7-13-9-18-13/h12-14H,1,3-10H2,2H3. The molecular formula is C16H24O4. The van der Waals surface area contributed by atoms with Crippen LogP contribution in [0.4, 0.5) is 0 Å². The van der Waals surface area contributed by atoms with Crippen molar-refractivity contribution in [1.29, 1.82) is 0 Å². The largest absolute Gasteiger partial charge is 0.455 e. The van der Waals surface area contributed by atoms with Crippen molar-refractivity contribution in [1.82, 2.24) is 0 Å². The van der Waals surface area contributed by atoms with Crippen LogP contribution < -0.4 is 0 Å². The smallest absolute Gasteiger partial charge is 0.333 e. The van der Waals surface area contributed by atoms with Crippen molar-refractivity contribution in [2.75, 3.05) is 13.2 Å². The molecule has 2 saturated heterocycles. The third-order valence-electron chi connectivity index (χ3n) is 4.72. The van der Waals surface area contributed by atoms with Crippen LogP contribution in [0.25, 0.3) is 0 Å². The lowest BCUT2D eigenvalue weighted by molar-refractivity contribution is -0.169. The van der Waals surface area contributed by atoms with Gasteiger partial charge in [0.2, 0.25) is 0 Å². The van der Waals surface area contributed by atoms with Crippen LogP contribution in [0.5, 0.6) is 0 Å². The van der Waals surface area contributed by atoms with Crippen molar-refractivity contribution >= 4 is 5.97 Å². The maximum absolute atomic E-state index is 12.1. The summed E-state index contributed by atoms with van der Waals surface area (Å²) in [6.45, 7) is 7.09. The summed E-state index contributed by atoms with van der Waals surface area (Å²) in [5, 5.41) is 0. The monoisotopic (exact) mass is 280 g/mol. The van der Waals surface area contributed by atoms with Gasteiger partial charge in [-0.3, -0.25) is 0 Å². The van der Waals surface area contributed by atoms with Crippen LogP contribution in [0.3, 0.4) is 0 Å². The van der Waals surface area contributed by atoms with E-state index in [1.54, 1.807) is 6.92 Å². The normalized spacial score (nSPS) is 39.1. The van der Waals surface area contributed by atoms with E-state index in [4.69, 9.17) is 14.2 Å². The summed E-state index contributed by atoms with van der Waals surface area (Å²) in [7, 11) is 0. The van der Waals surface area contributed by atoms with Crippen molar-refractivity contribution in [2.24, 2.45) is 5.92 Å². The molecule has 0 aromatic heterocycles. The minimum Gasteiger partial charge on any atom is -0.455 e. The molecule has 112 valence electrons.